The Morgan fingerprint density at radius 3 is 1.71 bits per heavy atom. The maximum atomic E-state index is 2.44. The van der Waals surface area contributed by atoms with E-state index in [9.17, 15) is 0 Å². The maximum Gasteiger partial charge on any atom is -0.0273 e. The third-order valence-corrected chi connectivity index (χ3v) is 5.01. The van der Waals surface area contributed by atoms with Crippen molar-refractivity contribution in [3.05, 3.63) is 69.3 Å². The number of rotatable bonds is 0. The van der Waals surface area contributed by atoms with E-state index in [-0.39, 0.29) is 0 Å². The highest BCUT2D eigenvalue weighted by Gasteiger charge is 2.08. The van der Waals surface area contributed by atoms with Gasteiger partial charge in [0.2, 0.25) is 0 Å². The zero-order valence-corrected chi connectivity index (χ0v) is 13.6. The molecule has 4 bridgehead atoms. The Balaban J connectivity index is 1.93. The summed E-state index contributed by atoms with van der Waals surface area (Å²) in [6.45, 7) is 6.83. The van der Waals surface area contributed by atoms with Crippen LogP contribution in [-0.2, 0) is 25.7 Å². The molecule has 0 saturated heterocycles. The van der Waals surface area contributed by atoms with Crippen molar-refractivity contribution in [3.8, 4) is 0 Å². The molecule has 21 heavy (non-hydrogen) atoms. The fraction of sp³-hybridized carbons (Fsp3) is 0.429. The minimum Gasteiger partial charge on any atom is -0.0588 e. The largest absolute Gasteiger partial charge is 0.0588 e. The van der Waals surface area contributed by atoms with Crippen LogP contribution in [-0.4, -0.2) is 0 Å². The molecule has 2 aromatic rings. The molecule has 0 aromatic heterocycles. The summed E-state index contributed by atoms with van der Waals surface area (Å²) < 4.78 is 0. The van der Waals surface area contributed by atoms with Gasteiger partial charge in [-0.15, -0.1) is 0 Å². The molecule has 0 aliphatic heterocycles. The van der Waals surface area contributed by atoms with Crippen LogP contribution >= 0.6 is 0 Å². The quantitative estimate of drug-likeness (QED) is 0.615. The van der Waals surface area contributed by atoms with E-state index in [0.29, 0.717) is 0 Å². The van der Waals surface area contributed by atoms with E-state index in [1.165, 1.54) is 66.3 Å². The third-order valence-electron chi connectivity index (χ3n) is 5.01. The second-order valence-corrected chi connectivity index (χ2v) is 6.67. The Kier molecular flexibility index (Phi) is 4.14. The first-order chi connectivity index (χ1) is 10.1. The molecule has 2 aromatic carbocycles. The molecule has 0 radical (unpaired) electrons. The van der Waals surface area contributed by atoms with Crippen LogP contribution in [0.1, 0.15) is 51.8 Å². The second kappa shape index (κ2) is 6.05. The van der Waals surface area contributed by atoms with E-state index < -0.39 is 0 Å². The van der Waals surface area contributed by atoms with Gasteiger partial charge in [0.25, 0.3) is 0 Å². The summed E-state index contributed by atoms with van der Waals surface area (Å²) in [5.74, 6) is 0. The molecule has 0 saturated carbocycles. The van der Waals surface area contributed by atoms with Crippen LogP contribution in [0.25, 0.3) is 0 Å². The molecule has 4 aliphatic rings. The van der Waals surface area contributed by atoms with E-state index in [1.807, 2.05) is 0 Å². The van der Waals surface area contributed by atoms with Crippen LogP contribution < -0.4 is 0 Å². The summed E-state index contributed by atoms with van der Waals surface area (Å²) in [5.41, 5.74) is 10.6. The van der Waals surface area contributed by atoms with Gasteiger partial charge in [-0.05, 0) is 98.2 Å². The predicted octanol–water partition coefficient (Wildman–Crippen LogP) is 5.28. The minimum absolute atomic E-state index is 1.20. The van der Waals surface area contributed by atoms with E-state index >= 15 is 0 Å². The lowest BCUT2D eigenvalue weighted by Crippen LogP contribution is -2.01. The van der Waals surface area contributed by atoms with Crippen molar-refractivity contribution in [2.45, 2.75) is 59.3 Å². The summed E-state index contributed by atoms with van der Waals surface area (Å²) in [7, 11) is 0. The molecule has 0 amide bonds. The minimum atomic E-state index is 1.20. The van der Waals surface area contributed by atoms with Crippen molar-refractivity contribution in [1.29, 1.82) is 0 Å². The van der Waals surface area contributed by atoms with Gasteiger partial charge in [0.15, 0.2) is 0 Å². The predicted molar refractivity (Wildman–Crippen MR) is 91.1 cm³/mol. The van der Waals surface area contributed by atoms with Crippen molar-refractivity contribution in [3.63, 3.8) is 0 Å². The van der Waals surface area contributed by atoms with Gasteiger partial charge < -0.3 is 0 Å². The Bertz CT molecular complexity index is 649. The fourth-order valence-electron chi connectivity index (χ4n) is 3.62. The SMILES string of the molecule is Cc1cc2c(C)cc1CCCc1ccc(c(C)c1)CCC2. The fourth-order valence-corrected chi connectivity index (χ4v) is 3.62. The molecular weight excluding hydrogens is 252 g/mol. The Labute approximate surface area is 129 Å². The first kappa shape index (κ1) is 14.4. The maximum absolute atomic E-state index is 2.44. The van der Waals surface area contributed by atoms with E-state index in [4.69, 9.17) is 0 Å². The van der Waals surface area contributed by atoms with Gasteiger partial charge in [-0.1, -0.05) is 30.3 Å². The van der Waals surface area contributed by atoms with Crippen LogP contribution in [0.2, 0.25) is 0 Å². The molecule has 0 atom stereocenters. The first-order valence-electron chi connectivity index (χ1n) is 8.31. The Hall–Kier alpha value is -1.56. The molecule has 0 nitrogen and oxygen atoms in total. The molecule has 4 aliphatic carbocycles. The van der Waals surface area contributed by atoms with Crippen molar-refractivity contribution in [2.75, 3.05) is 0 Å². The summed E-state index contributed by atoms with van der Waals surface area (Å²) in [6, 6.07) is 12.0. The van der Waals surface area contributed by atoms with Crippen LogP contribution in [0.15, 0.2) is 30.3 Å². The van der Waals surface area contributed by atoms with Gasteiger partial charge in [0, 0.05) is 0 Å². The van der Waals surface area contributed by atoms with Crippen molar-refractivity contribution < 1.29 is 0 Å². The van der Waals surface area contributed by atoms with Crippen LogP contribution in [0.3, 0.4) is 0 Å². The molecule has 0 fully saturated rings. The third kappa shape index (κ3) is 3.20. The number of hydrogen-bond acceptors (Lipinski definition) is 0. The van der Waals surface area contributed by atoms with Gasteiger partial charge in [0.1, 0.15) is 0 Å². The van der Waals surface area contributed by atoms with Crippen molar-refractivity contribution >= 4 is 0 Å². The smallest absolute Gasteiger partial charge is 0.0273 e. The zero-order chi connectivity index (χ0) is 14.8. The first-order valence-corrected chi connectivity index (χ1v) is 8.31. The van der Waals surface area contributed by atoms with E-state index in [1.54, 1.807) is 11.1 Å². The normalized spacial score (nSPS) is 15.2. The van der Waals surface area contributed by atoms with E-state index in [2.05, 4.69) is 51.1 Å². The van der Waals surface area contributed by atoms with Crippen LogP contribution in [0.5, 0.6) is 0 Å². The topological polar surface area (TPSA) is 0 Å². The standard InChI is InChI=1S/C21H26/c1-15-12-18-6-4-8-20-13-17(3)21(14-16(20)2)9-5-7-19(15)11-10-18/h10-14H,4-9H2,1-3H3. The zero-order valence-electron chi connectivity index (χ0n) is 13.6. The van der Waals surface area contributed by atoms with E-state index in [0.717, 1.165) is 0 Å². The lowest BCUT2D eigenvalue weighted by molar-refractivity contribution is 0.788. The van der Waals surface area contributed by atoms with Gasteiger partial charge in [0.05, 0.1) is 0 Å². The van der Waals surface area contributed by atoms with Crippen molar-refractivity contribution in [1.82, 2.24) is 0 Å². The lowest BCUT2D eigenvalue weighted by atomic mass is 9.91. The van der Waals surface area contributed by atoms with Crippen molar-refractivity contribution in [2.24, 2.45) is 0 Å². The average molecular weight is 278 g/mol. The highest BCUT2D eigenvalue weighted by atomic mass is 14.1. The molecule has 0 heteroatoms. The molecule has 110 valence electrons. The van der Waals surface area contributed by atoms with Gasteiger partial charge in [-0.3, -0.25) is 0 Å². The number of hydrogen-bond donors (Lipinski definition) is 0. The average Bonchev–Trinajstić information content (AvgIpc) is 2.45. The second-order valence-electron chi connectivity index (χ2n) is 6.67. The van der Waals surface area contributed by atoms with Gasteiger partial charge in [-0.25, -0.2) is 0 Å². The summed E-state index contributed by atoms with van der Waals surface area (Å²) in [4.78, 5) is 0. The highest BCUT2D eigenvalue weighted by Crippen LogP contribution is 2.22. The van der Waals surface area contributed by atoms with Gasteiger partial charge >= 0.3 is 0 Å². The van der Waals surface area contributed by atoms with Gasteiger partial charge in [-0.2, -0.15) is 0 Å². The number of benzene rings is 2. The summed E-state index contributed by atoms with van der Waals surface area (Å²) >= 11 is 0. The molecule has 0 unspecified atom stereocenters. The van der Waals surface area contributed by atoms with Crippen LogP contribution in [0.4, 0.5) is 0 Å². The lowest BCUT2D eigenvalue weighted by Gasteiger charge is -2.15. The molecular formula is C21H26. The number of aryl methyl sites for hydroxylation is 7. The van der Waals surface area contributed by atoms with Crippen LogP contribution in [0, 0.1) is 20.8 Å². The summed E-state index contributed by atoms with van der Waals surface area (Å²) in [6.07, 6.45) is 7.30. The highest BCUT2D eigenvalue weighted by molar-refractivity contribution is 5.38. The molecule has 6 rings (SSSR count). The molecule has 0 N–H and O–H groups in total. The molecule has 0 spiro atoms. The monoisotopic (exact) mass is 278 g/mol. The Morgan fingerprint density at radius 2 is 1.10 bits per heavy atom. The molecule has 0 heterocycles. The Morgan fingerprint density at radius 1 is 0.571 bits per heavy atom. The summed E-state index contributed by atoms with van der Waals surface area (Å²) in [5, 5.41) is 0.